The lowest BCUT2D eigenvalue weighted by Gasteiger charge is -2.05. The van der Waals surface area contributed by atoms with Crippen LogP contribution in [0.3, 0.4) is 0 Å². The number of hydrogen-bond donors (Lipinski definition) is 3. The van der Waals surface area contributed by atoms with Gasteiger partial charge in [-0.2, -0.15) is 5.10 Å². The molecule has 3 N–H and O–H groups in total. The van der Waals surface area contributed by atoms with Crippen molar-refractivity contribution in [2.75, 3.05) is 26.4 Å². The second kappa shape index (κ2) is 7.08. The van der Waals surface area contributed by atoms with Gasteiger partial charge >= 0.3 is 0 Å². The van der Waals surface area contributed by atoms with Crippen LogP contribution in [0.1, 0.15) is 11.3 Å². The fraction of sp³-hybridized carbons (Fsp3) is 0.462. The Labute approximate surface area is 111 Å². The van der Waals surface area contributed by atoms with Crippen molar-refractivity contribution in [1.29, 1.82) is 0 Å². The SMILES string of the molecule is Cc1ccc(-c2[nH]ncc2CNCCOCCO)o1. The summed E-state index contributed by atoms with van der Waals surface area (Å²) < 4.78 is 10.7. The zero-order chi connectivity index (χ0) is 13.5. The van der Waals surface area contributed by atoms with Crippen LogP contribution in [0.25, 0.3) is 11.5 Å². The Morgan fingerprint density at radius 2 is 2.32 bits per heavy atom. The molecule has 0 fully saturated rings. The average molecular weight is 265 g/mol. The normalized spacial score (nSPS) is 11.1. The van der Waals surface area contributed by atoms with Crippen LogP contribution in [0.15, 0.2) is 22.7 Å². The number of aliphatic hydroxyl groups excluding tert-OH is 1. The molecule has 0 amide bonds. The summed E-state index contributed by atoms with van der Waals surface area (Å²) >= 11 is 0. The summed E-state index contributed by atoms with van der Waals surface area (Å²) in [5.74, 6) is 1.67. The lowest BCUT2D eigenvalue weighted by molar-refractivity contribution is 0.0938. The molecular formula is C13H19N3O3. The van der Waals surface area contributed by atoms with E-state index in [2.05, 4.69) is 15.5 Å². The largest absolute Gasteiger partial charge is 0.460 e. The zero-order valence-electron chi connectivity index (χ0n) is 11.0. The first-order valence-electron chi connectivity index (χ1n) is 6.29. The van der Waals surface area contributed by atoms with Crippen molar-refractivity contribution < 1.29 is 14.3 Å². The molecule has 0 spiro atoms. The molecule has 0 unspecified atom stereocenters. The molecule has 0 radical (unpaired) electrons. The third-order valence-corrected chi connectivity index (χ3v) is 2.68. The van der Waals surface area contributed by atoms with E-state index in [0.29, 0.717) is 19.8 Å². The van der Waals surface area contributed by atoms with Gasteiger partial charge < -0.3 is 19.6 Å². The van der Waals surface area contributed by atoms with Crippen LogP contribution in [-0.4, -0.2) is 41.7 Å². The second-order valence-electron chi connectivity index (χ2n) is 4.19. The van der Waals surface area contributed by atoms with Crippen LogP contribution in [0, 0.1) is 6.92 Å². The number of nitrogens with one attached hydrogen (secondary N) is 2. The van der Waals surface area contributed by atoms with Gasteiger partial charge in [0.2, 0.25) is 0 Å². The van der Waals surface area contributed by atoms with E-state index in [-0.39, 0.29) is 6.61 Å². The van der Waals surface area contributed by atoms with Gasteiger partial charge in [0.05, 0.1) is 26.0 Å². The lowest BCUT2D eigenvalue weighted by atomic mass is 10.2. The van der Waals surface area contributed by atoms with E-state index in [1.54, 1.807) is 6.20 Å². The monoisotopic (exact) mass is 265 g/mol. The first-order valence-corrected chi connectivity index (χ1v) is 6.29. The van der Waals surface area contributed by atoms with Crippen molar-refractivity contribution in [3.05, 3.63) is 29.7 Å². The Balaban J connectivity index is 1.83. The number of aryl methyl sites for hydroxylation is 1. The predicted octanol–water partition coefficient (Wildman–Crippen LogP) is 1.08. The molecule has 19 heavy (non-hydrogen) atoms. The van der Waals surface area contributed by atoms with Crippen LogP contribution >= 0.6 is 0 Å². The molecule has 6 nitrogen and oxygen atoms in total. The van der Waals surface area contributed by atoms with E-state index >= 15 is 0 Å². The molecule has 104 valence electrons. The second-order valence-corrected chi connectivity index (χ2v) is 4.19. The molecule has 0 bridgehead atoms. The van der Waals surface area contributed by atoms with Gasteiger partial charge in [0.1, 0.15) is 11.5 Å². The molecule has 2 aromatic heterocycles. The molecule has 2 heterocycles. The van der Waals surface area contributed by atoms with Gasteiger partial charge in [-0.15, -0.1) is 0 Å². The van der Waals surface area contributed by atoms with E-state index in [4.69, 9.17) is 14.3 Å². The third-order valence-electron chi connectivity index (χ3n) is 2.68. The van der Waals surface area contributed by atoms with Crippen molar-refractivity contribution in [1.82, 2.24) is 15.5 Å². The minimum absolute atomic E-state index is 0.0592. The van der Waals surface area contributed by atoms with Crippen molar-refractivity contribution in [3.63, 3.8) is 0 Å². The van der Waals surface area contributed by atoms with Gasteiger partial charge in [0.25, 0.3) is 0 Å². The lowest BCUT2D eigenvalue weighted by Crippen LogP contribution is -2.20. The third kappa shape index (κ3) is 3.92. The fourth-order valence-corrected chi connectivity index (χ4v) is 1.76. The molecule has 0 aliphatic rings. The number of hydrogen-bond acceptors (Lipinski definition) is 5. The summed E-state index contributed by atoms with van der Waals surface area (Å²) in [6, 6.07) is 3.85. The number of ether oxygens (including phenoxy) is 1. The highest BCUT2D eigenvalue weighted by atomic mass is 16.5. The molecule has 6 heteroatoms. The Hall–Kier alpha value is -1.63. The molecule has 2 rings (SSSR count). The molecule has 0 saturated heterocycles. The number of rotatable bonds is 8. The molecule has 0 atom stereocenters. The average Bonchev–Trinajstić information content (AvgIpc) is 3.02. The van der Waals surface area contributed by atoms with Crippen molar-refractivity contribution in [2.45, 2.75) is 13.5 Å². The molecule has 0 aliphatic carbocycles. The fourth-order valence-electron chi connectivity index (χ4n) is 1.76. The Bertz CT molecular complexity index is 493. The summed E-state index contributed by atoms with van der Waals surface area (Å²) in [5, 5.41) is 18.8. The molecule has 0 aliphatic heterocycles. The van der Waals surface area contributed by atoms with E-state index in [1.165, 1.54) is 0 Å². The molecule has 0 saturated carbocycles. The van der Waals surface area contributed by atoms with Crippen LogP contribution in [0.5, 0.6) is 0 Å². The maximum absolute atomic E-state index is 8.57. The predicted molar refractivity (Wildman–Crippen MR) is 70.6 cm³/mol. The van der Waals surface area contributed by atoms with Crippen LogP contribution < -0.4 is 5.32 Å². The molecular weight excluding hydrogens is 246 g/mol. The highest BCUT2D eigenvalue weighted by Crippen LogP contribution is 2.22. The highest BCUT2D eigenvalue weighted by Gasteiger charge is 2.10. The summed E-state index contributed by atoms with van der Waals surface area (Å²) in [7, 11) is 0. The van der Waals surface area contributed by atoms with Gasteiger partial charge in [0, 0.05) is 18.7 Å². The molecule has 2 aromatic rings. The van der Waals surface area contributed by atoms with Gasteiger partial charge in [0.15, 0.2) is 5.76 Å². The van der Waals surface area contributed by atoms with Crippen LogP contribution in [-0.2, 0) is 11.3 Å². The molecule has 0 aromatic carbocycles. The van der Waals surface area contributed by atoms with Crippen molar-refractivity contribution in [2.24, 2.45) is 0 Å². The first-order chi connectivity index (χ1) is 9.31. The van der Waals surface area contributed by atoms with Crippen molar-refractivity contribution >= 4 is 0 Å². The van der Waals surface area contributed by atoms with E-state index in [0.717, 1.165) is 29.3 Å². The number of H-pyrrole nitrogens is 1. The Morgan fingerprint density at radius 3 is 3.05 bits per heavy atom. The summed E-state index contributed by atoms with van der Waals surface area (Å²) in [6.07, 6.45) is 1.79. The topological polar surface area (TPSA) is 83.3 Å². The smallest absolute Gasteiger partial charge is 0.152 e. The Kier molecular flexibility index (Phi) is 5.14. The maximum atomic E-state index is 8.57. The Morgan fingerprint density at radius 1 is 1.42 bits per heavy atom. The minimum atomic E-state index is 0.0592. The highest BCUT2D eigenvalue weighted by molar-refractivity contribution is 5.56. The van der Waals surface area contributed by atoms with E-state index in [1.807, 2.05) is 19.1 Å². The maximum Gasteiger partial charge on any atom is 0.152 e. The summed E-state index contributed by atoms with van der Waals surface area (Å²) in [5.41, 5.74) is 1.95. The number of aromatic nitrogens is 2. The number of furan rings is 1. The van der Waals surface area contributed by atoms with Gasteiger partial charge in [-0.05, 0) is 19.1 Å². The summed E-state index contributed by atoms with van der Waals surface area (Å²) in [4.78, 5) is 0. The zero-order valence-corrected chi connectivity index (χ0v) is 11.0. The van der Waals surface area contributed by atoms with Gasteiger partial charge in [-0.3, -0.25) is 5.10 Å². The summed E-state index contributed by atoms with van der Waals surface area (Å²) in [6.45, 7) is 4.34. The van der Waals surface area contributed by atoms with Gasteiger partial charge in [-0.1, -0.05) is 0 Å². The van der Waals surface area contributed by atoms with E-state index in [9.17, 15) is 0 Å². The standard InChI is InChI=1S/C13H19N3O3/c1-10-2-3-12(19-10)13-11(9-15-16-13)8-14-4-6-18-7-5-17/h2-3,9,14,17H,4-8H2,1H3,(H,15,16). The van der Waals surface area contributed by atoms with E-state index < -0.39 is 0 Å². The van der Waals surface area contributed by atoms with Crippen LogP contribution in [0.4, 0.5) is 0 Å². The van der Waals surface area contributed by atoms with Gasteiger partial charge in [-0.25, -0.2) is 0 Å². The minimum Gasteiger partial charge on any atom is -0.460 e. The number of aliphatic hydroxyl groups is 1. The number of nitrogens with zero attached hydrogens (tertiary/aromatic N) is 1. The first kappa shape index (κ1) is 13.8. The number of aromatic amines is 1. The van der Waals surface area contributed by atoms with Crippen LogP contribution in [0.2, 0.25) is 0 Å². The van der Waals surface area contributed by atoms with Crippen molar-refractivity contribution in [3.8, 4) is 11.5 Å². The quantitative estimate of drug-likeness (QED) is 0.622.